The molecule has 0 bridgehead atoms. The lowest BCUT2D eigenvalue weighted by molar-refractivity contribution is -0.131. The average molecular weight is 257 g/mol. The van der Waals surface area contributed by atoms with Gasteiger partial charge in [0.05, 0.1) is 6.61 Å². The number of likely N-dealkylation sites (N-methyl/N-ethyl adjacent to an activating group) is 1. The average Bonchev–Trinajstić information content (AvgIpc) is 2.57. The molecule has 1 atom stereocenters. The molecule has 0 aromatic carbocycles. The molecule has 0 aromatic heterocycles. The molecular weight excluding hydrogens is 234 g/mol. The predicted molar refractivity (Wildman–Crippen MR) is 68.8 cm³/mol. The maximum absolute atomic E-state index is 11.7. The number of rotatable bonds is 3. The van der Waals surface area contributed by atoms with E-state index in [2.05, 4.69) is 4.74 Å². The minimum Gasteiger partial charge on any atom is -0.468 e. The van der Waals surface area contributed by atoms with Gasteiger partial charge in [-0.3, -0.25) is 9.59 Å². The van der Waals surface area contributed by atoms with Gasteiger partial charge in [0.15, 0.2) is 6.23 Å². The Morgan fingerprint density at radius 1 is 1.44 bits per heavy atom. The number of ether oxygens (including phenoxy) is 2. The summed E-state index contributed by atoms with van der Waals surface area (Å²) in [5.41, 5.74) is 0.736. The highest BCUT2D eigenvalue weighted by Gasteiger charge is 2.35. The molecule has 0 aliphatic carbocycles. The zero-order chi connectivity index (χ0) is 14.3. The summed E-state index contributed by atoms with van der Waals surface area (Å²) in [6.07, 6.45) is 1.70. The lowest BCUT2D eigenvalue weighted by Gasteiger charge is -2.21. The summed E-state index contributed by atoms with van der Waals surface area (Å²) in [7, 11) is 3.36. The second-order valence-electron chi connectivity index (χ2n) is 4.92. The van der Waals surface area contributed by atoms with E-state index in [4.69, 9.17) is 4.74 Å². The summed E-state index contributed by atoms with van der Waals surface area (Å²) < 4.78 is 9.30. The zero-order valence-corrected chi connectivity index (χ0v) is 12.0. The molecule has 0 spiro atoms. The largest absolute Gasteiger partial charge is 0.468 e. The number of nitrogens with zero attached hydrogens (tertiary/aromatic N) is 1. The first-order valence-electron chi connectivity index (χ1n) is 5.87. The monoisotopic (exact) mass is 257 g/mol. The van der Waals surface area contributed by atoms with Gasteiger partial charge in [0, 0.05) is 19.7 Å². The maximum Gasteiger partial charge on any atom is 0.293 e. The molecule has 1 heterocycles. The third-order valence-electron chi connectivity index (χ3n) is 2.53. The van der Waals surface area contributed by atoms with Crippen LogP contribution >= 0.6 is 0 Å². The second-order valence-corrected chi connectivity index (χ2v) is 4.92. The fourth-order valence-corrected chi connectivity index (χ4v) is 1.50. The quantitative estimate of drug-likeness (QED) is 0.720. The van der Waals surface area contributed by atoms with Crippen molar-refractivity contribution in [3.05, 3.63) is 11.6 Å². The van der Waals surface area contributed by atoms with E-state index < -0.39 is 0 Å². The van der Waals surface area contributed by atoms with Crippen LogP contribution in [0, 0.1) is 5.41 Å². The molecule has 0 saturated heterocycles. The molecule has 104 valence electrons. The van der Waals surface area contributed by atoms with Crippen LogP contribution in [-0.4, -0.2) is 44.3 Å². The van der Waals surface area contributed by atoms with E-state index in [0.717, 1.165) is 5.57 Å². The highest BCUT2D eigenvalue weighted by molar-refractivity contribution is 5.97. The topological polar surface area (TPSA) is 55.8 Å². The fourth-order valence-electron chi connectivity index (χ4n) is 1.50. The highest BCUT2D eigenvalue weighted by Crippen LogP contribution is 2.31. The summed E-state index contributed by atoms with van der Waals surface area (Å²) in [5, 5.41) is 0. The summed E-state index contributed by atoms with van der Waals surface area (Å²) in [5.74, 6) is 0.0688. The first-order chi connectivity index (χ1) is 8.29. The molecule has 0 radical (unpaired) electrons. The van der Waals surface area contributed by atoms with Crippen molar-refractivity contribution in [3.63, 3.8) is 0 Å². The Bertz CT molecular complexity index is 317. The van der Waals surface area contributed by atoms with Crippen LogP contribution in [0.4, 0.5) is 0 Å². The van der Waals surface area contributed by atoms with Gasteiger partial charge < -0.3 is 14.4 Å². The van der Waals surface area contributed by atoms with E-state index in [1.165, 1.54) is 0 Å². The van der Waals surface area contributed by atoms with E-state index >= 15 is 0 Å². The van der Waals surface area contributed by atoms with Crippen LogP contribution in [0.2, 0.25) is 0 Å². The van der Waals surface area contributed by atoms with Crippen molar-refractivity contribution >= 4 is 12.4 Å². The van der Waals surface area contributed by atoms with Gasteiger partial charge in [-0.2, -0.15) is 0 Å². The van der Waals surface area contributed by atoms with Crippen molar-refractivity contribution in [2.75, 3.05) is 20.8 Å². The Morgan fingerprint density at radius 2 is 2.00 bits per heavy atom. The number of carbonyl (C=O) groups excluding carboxylic acids is 2. The van der Waals surface area contributed by atoms with Crippen LogP contribution < -0.4 is 0 Å². The molecule has 18 heavy (non-hydrogen) atoms. The summed E-state index contributed by atoms with van der Waals surface area (Å²) in [6, 6.07) is 0. The summed E-state index contributed by atoms with van der Waals surface area (Å²) >= 11 is 0. The maximum atomic E-state index is 11.7. The molecule has 5 heteroatoms. The molecule has 1 rings (SSSR count). The van der Waals surface area contributed by atoms with Gasteiger partial charge in [-0.05, 0) is 18.4 Å². The van der Waals surface area contributed by atoms with Crippen LogP contribution in [0.15, 0.2) is 11.6 Å². The third-order valence-corrected chi connectivity index (χ3v) is 2.53. The number of hydrogen-bond acceptors (Lipinski definition) is 4. The molecule has 0 aromatic rings. The lowest BCUT2D eigenvalue weighted by Crippen LogP contribution is -2.32. The van der Waals surface area contributed by atoms with Crippen molar-refractivity contribution in [2.45, 2.75) is 33.9 Å². The molecule has 0 N–H and O–H groups in total. The summed E-state index contributed by atoms with van der Waals surface area (Å²) in [6.45, 7) is 8.76. The first kappa shape index (κ1) is 16.6. The molecule has 1 aliphatic rings. The van der Waals surface area contributed by atoms with Crippen LogP contribution in [0.3, 0.4) is 0 Å². The third kappa shape index (κ3) is 4.49. The van der Waals surface area contributed by atoms with Gasteiger partial charge >= 0.3 is 0 Å². The standard InChI is InChI=1S/C10H17NO2.C3H6O2/c1-10(2,3)7-6-8(13-5)11(4)9(7)12;1-2-5-3-4/h6,8H,1-5H3;3H,2H2,1H3. The number of carbonyl (C=O) groups is 2. The van der Waals surface area contributed by atoms with E-state index in [1.54, 1.807) is 26.0 Å². The van der Waals surface area contributed by atoms with Crippen LogP contribution in [0.25, 0.3) is 0 Å². The lowest BCUT2D eigenvalue weighted by atomic mass is 9.86. The van der Waals surface area contributed by atoms with Crippen LogP contribution in [-0.2, 0) is 19.1 Å². The second kappa shape index (κ2) is 7.16. The minimum absolute atomic E-state index is 0.0688. The molecule has 1 amide bonds. The van der Waals surface area contributed by atoms with Crippen molar-refractivity contribution in [3.8, 4) is 0 Å². The predicted octanol–water partition coefficient (Wildman–Crippen LogP) is 1.58. The summed E-state index contributed by atoms with van der Waals surface area (Å²) in [4.78, 5) is 22.5. The zero-order valence-electron chi connectivity index (χ0n) is 12.0. The molecule has 1 unspecified atom stereocenters. The molecule has 1 aliphatic heterocycles. The van der Waals surface area contributed by atoms with Crippen molar-refractivity contribution in [1.29, 1.82) is 0 Å². The van der Waals surface area contributed by atoms with Gasteiger partial charge in [-0.1, -0.05) is 20.8 Å². The minimum atomic E-state index is -0.193. The number of hydrogen-bond donors (Lipinski definition) is 0. The molecular formula is C13H23NO4. The van der Waals surface area contributed by atoms with Crippen molar-refractivity contribution in [2.24, 2.45) is 5.41 Å². The SMILES string of the molecule is CCOC=O.COC1C=C(C(C)(C)C)C(=O)N1C. The van der Waals surface area contributed by atoms with Crippen LogP contribution in [0.1, 0.15) is 27.7 Å². The van der Waals surface area contributed by atoms with E-state index in [-0.39, 0.29) is 17.6 Å². The normalized spacial score (nSPS) is 19.0. The first-order valence-corrected chi connectivity index (χ1v) is 5.87. The van der Waals surface area contributed by atoms with Gasteiger partial charge in [0.2, 0.25) is 0 Å². The smallest absolute Gasteiger partial charge is 0.293 e. The van der Waals surface area contributed by atoms with E-state index in [0.29, 0.717) is 13.1 Å². The van der Waals surface area contributed by atoms with Gasteiger partial charge in [-0.15, -0.1) is 0 Å². The molecule has 5 nitrogen and oxygen atoms in total. The van der Waals surface area contributed by atoms with Gasteiger partial charge in [-0.25, -0.2) is 0 Å². The number of methoxy groups -OCH3 is 1. The van der Waals surface area contributed by atoms with E-state index in [9.17, 15) is 9.59 Å². The Labute approximate surface area is 109 Å². The Balaban J connectivity index is 0.000000494. The van der Waals surface area contributed by atoms with E-state index in [1.807, 2.05) is 26.8 Å². The van der Waals surface area contributed by atoms with Gasteiger partial charge in [0.25, 0.3) is 12.4 Å². The molecule has 0 saturated carbocycles. The van der Waals surface area contributed by atoms with Crippen LogP contribution in [0.5, 0.6) is 0 Å². The highest BCUT2D eigenvalue weighted by atomic mass is 16.5. The Kier molecular flexibility index (Phi) is 6.62. The Hall–Kier alpha value is -1.36. The Morgan fingerprint density at radius 3 is 2.17 bits per heavy atom. The van der Waals surface area contributed by atoms with Crippen molar-refractivity contribution < 1.29 is 19.1 Å². The molecule has 0 fully saturated rings. The fraction of sp³-hybridized carbons (Fsp3) is 0.692. The van der Waals surface area contributed by atoms with Gasteiger partial charge in [0.1, 0.15) is 0 Å². The number of amides is 1. The van der Waals surface area contributed by atoms with Crippen molar-refractivity contribution in [1.82, 2.24) is 4.90 Å².